The maximum absolute atomic E-state index is 6.24. The molecule has 0 radical (unpaired) electrons. The summed E-state index contributed by atoms with van der Waals surface area (Å²) in [7, 11) is 0. The summed E-state index contributed by atoms with van der Waals surface area (Å²) in [6.07, 6.45) is 5.53. The molecule has 0 N–H and O–H groups in total. The Hall–Kier alpha value is -0.730. The van der Waals surface area contributed by atoms with Crippen LogP contribution in [-0.4, -0.2) is 9.55 Å². The van der Waals surface area contributed by atoms with Gasteiger partial charge in [-0.1, -0.05) is 17.7 Å². The van der Waals surface area contributed by atoms with Crippen molar-refractivity contribution in [3.8, 4) is 0 Å². The summed E-state index contributed by atoms with van der Waals surface area (Å²) in [5.74, 6) is 2.34. The molecule has 2 aliphatic carbocycles. The Morgan fingerprint density at radius 2 is 2.11 bits per heavy atom. The fraction of sp³-hybridized carbons (Fsp3) is 0.533. The molecule has 100 valence electrons. The first-order chi connectivity index (χ1) is 9.23. The molecule has 2 aromatic rings. The Balaban J connectivity index is 1.81. The number of para-hydroxylation sites is 1. The molecule has 2 nitrogen and oxygen atoms in total. The first kappa shape index (κ1) is 12.0. The number of imidazole rings is 1. The molecule has 2 aliphatic rings. The molecule has 0 unspecified atom stereocenters. The SMILES string of the molecule is ClCc1nc2c(Cl)cccc2n1CC1(C2CC2)CC1. The molecular formula is C15H16Cl2N2. The van der Waals surface area contributed by atoms with Crippen LogP contribution >= 0.6 is 23.2 Å². The number of aromatic nitrogens is 2. The van der Waals surface area contributed by atoms with Gasteiger partial charge in [0.1, 0.15) is 11.3 Å². The predicted octanol–water partition coefficient (Wildman–Crippen LogP) is 4.62. The highest BCUT2D eigenvalue weighted by molar-refractivity contribution is 6.35. The Bertz CT molecular complexity index is 639. The van der Waals surface area contributed by atoms with E-state index in [1.807, 2.05) is 12.1 Å². The average molecular weight is 295 g/mol. The van der Waals surface area contributed by atoms with Gasteiger partial charge in [0, 0.05) is 6.54 Å². The summed E-state index contributed by atoms with van der Waals surface area (Å²) >= 11 is 12.3. The van der Waals surface area contributed by atoms with Crippen LogP contribution in [0.25, 0.3) is 11.0 Å². The van der Waals surface area contributed by atoms with E-state index in [2.05, 4.69) is 15.6 Å². The normalized spacial score (nSPS) is 20.9. The van der Waals surface area contributed by atoms with Crippen molar-refractivity contribution < 1.29 is 0 Å². The van der Waals surface area contributed by atoms with E-state index in [0.717, 1.165) is 34.3 Å². The molecule has 1 heterocycles. The molecular weight excluding hydrogens is 279 g/mol. The molecule has 0 saturated heterocycles. The number of alkyl halides is 1. The van der Waals surface area contributed by atoms with Crippen LogP contribution in [0.5, 0.6) is 0 Å². The second-order valence-electron chi connectivity index (χ2n) is 5.99. The third-order valence-electron chi connectivity index (χ3n) is 4.74. The van der Waals surface area contributed by atoms with Crippen molar-refractivity contribution in [2.75, 3.05) is 0 Å². The van der Waals surface area contributed by atoms with E-state index in [0.29, 0.717) is 11.3 Å². The first-order valence-electron chi connectivity index (χ1n) is 6.93. The van der Waals surface area contributed by atoms with Crippen LogP contribution in [0, 0.1) is 11.3 Å². The standard InChI is InChI=1S/C15H16Cl2N2/c16-8-13-18-14-11(17)2-1-3-12(14)19(13)9-15(6-7-15)10-4-5-10/h1-3,10H,4-9H2. The van der Waals surface area contributed by atoms with E-state index in [4.69, 9.17) is 23.2 Å². The van der Waals surface area contributed by atoms with Gasteiger partial charge >= 0.3 is 0 Å². The molecule has 0 spiro atoms. The van der Waals surface area contributed by atoms with Crippen molar-refractivity contribution in [1.29, 1.82) is 0 Å². The van der Waals surface area contributed by atoms with Crippen LogP contribution in [0.3, 0.4) is 0 Å². The number of nitrogens with zero attached hydrogens (tertiary/aromatic N) is 2. The summed E-state index contributed by atoms with van der Waals surface area (Å²) in [6.45, 7) is 1.07. The van der Waals surface area contributed by atoms with Gasteiger partial charge in [0.15, 0.2) is 0 Å². The lowest BCUT2D eigenvalue weighted by Gasteiger charge is -2.17. The molecule has 1 aromatic carbocycles. The van der Waals surface area contributed by atoms with Gasteiger partial charge in [0.25, 0.3) is 0 Å². The third kappa shape index (κ3) is 1.88. The molecule has 19 heavy (non-hydrogen) atoms. The van der Waals surface area contributed by atoms with Gasteiger partial charge in [-0.3, -0.25) is 0 Å². The lowest BCUT2D eigenvalue weighted by atomic mass is 10.0. The largest absolute Gasteiger partial charge is 0.326 e. The Kier molecular flexibility index (Phi) is 2.62. The average Bonchev–Trinajstić information content (AvgIpc) is 3.28. The molecule has 4 rings (SSSR count). The zero-order valence-corrected chi connectivity index (χ0v) is 12.2. The smallest absolute Gasteiger partial charge is 0.124 e. The van der Waals surface area contributed by atoms with Gasteiger partial charge in [0.2, 0.25) is 0 Å². The van der Waals surface area contributed by atoms with Crippen molar-refractivity contribution in [3.63, 3.8) is 0 Å². The number of hydrogen-bond donors (Lipinski definition) is 0. The molecule has 2 saturated carbocycles. The predicted molar refractivity (Wildman–Crippen MR) is 78.7 cm³/mol. The van der Waals surface area contributed by atoms with Gasteiger partial charge in [0.05, 0.1) is 16.4 Å². The van der Waals surface area contributed by atoms with E-state index >= 15 is 0 Å². The number of halogens is 2. The zero-order chi connectivity index (χ0) is 13.0. The van der Waals surface area contributed by atoms with E-state index in [-0.39, 0.29) is 0 Å². The minimum absolute atomic E-state index is 0.450. The molecule has 0 bridgehead atoms. The molecule has 0 atom stereocenters. The van der Waals surface area contributed by atoms with Crippen molar-refractivity contribution in [1.82, 2.24) is 9.55 Å². The Morgan fingerprint density at radius 3 is 2.74 bits per heavy atom. The Morgan fingerprint density at radius 1 is 1.32 bits per heavy atom. The minimum Gasteiger partial charge on any atom is -0.326 e. The quantitative estimate of drug-likeness (QED) is 0.753. The maximum atomic E-state index is 6.24. The summed E-state index contributed by atoms with van der Waals surface area (Å²) in [4.78, 5) is 4.62. The highest BCUT2D eigenvalue weighted by Crippen LogP contribution is 2.62. The number of rotatable bonds is 4. The van der Waals surface area contributed by atoms with Crippen molar-refractivity contribution in [2.24, 2.45) is 11.3 Å². The summed E-state index contributed by atoms with van der Waals surface area (Å²) in [5, 5.41) is 0.721. The second kappa shape index (κ2) is 4.13. The molecule has 0 aliphatic heterocycles. The monoisotopic (exact) mass is 294 g/mol. The van der Waals surface area contributed by atoms with E-state index in [1.54, 1.807) is 0 Å². The van der Waals surface area contributed by atoms with E-state index in [9.17, 15) is 0 Å². The highest BCUT2D eigenvalue weighted by atomic mass is 35.5. The molecule has 1 aromatic heterocycles. The first-order valence-corrected chi connectivity index (χ1v) is 7.84. The van der Waals surface area contributed by atoms with Gasteiger partial charge in [-0.05, 0) is 49.1 Å². The van der Waals surface area contributed by atoms with Crippen LogP contribution in [-0.2, 0) is 12.4 Å². The topological polar surface area (TPSA) is 17.8 Å². The lowest BCUT2D eigenvalue weighted by molar-refractivity contribution is 0.371. The fourth-order valence-electron chi connectivity index (χ4n) is 3.31. The van der Waals surface area contributed by atoms with Crippen LogP contribution in [0.15, 0.2) is 18.2 Å². The van der Waals surface area contributed by atoms with E-state index in [1.165, 1.54) is 25.7 Å². The van der Waals surface area contributed by atoms with Crippen LogP contribution in [0.1, 0.15) is 31.5 Å². The Labute approximate surface area is 122 Å². The van der Waals surface area contributed by atoms with Crippen molar-refractivity contribution in [2.45, 2.75) is 38.1 Å². The number of fused-ring (bicyclic) bond motifs is 1. The lowest BCUT2D eigenvalue weighted by Crippen LogP contribution is -2.15. The molecule has 2 fully saturated rings. The summed E-state index contributed by atoms with van der Waals surface area (Å²) in [6, 6.07) is 6.00. The van der Waals surface area contributed by atoms with Crippen LogP contribution < -0.4 is 0 Å². The highest BCUT2D eigenvalue weighted by Gasteiger charge is 2.54. The second-order valence-corrected chi connectivity index (χ2v) is 6.67. The minimum atomic E-state index is 0.450. The zero-order valence-electron chi connectivity index (χ0n) is 10.7. The molecule has 0 amide bonds. The summed E-state index contributed by atoms with van der Waals surface area (Å²) < 4.78 is 2.31. The van der Waals surface area contributed by atoms with E-state index < -0.39 is 0 Å². The molecule has 4 heteroatoms. The number of hydrogen-bond acceptors (Lipinski definition) is 1. The van der Waals surface area contributed by atoms with Gasteiger partial charge in [-0.25, -0.2) is 4.98 Å². The van der Waals surface area contributed by atoms with Gasteiger partial charge in [-0.15, -0.1) is 11.6 Å². The van der Waals surface area contributed by atoms with Gasteiger partial charge in [-0.2, -0.15) is 0 Å². The van der Waals surface area contributed by atoms with Crippen molar-refractivity contribution in [3.05, 3.63) is 29.0 Å². The summed E-state index contributed by atoms with van der Waals surface area (Å²) in [5.41, 5.74) is 2.57. The fourth-order valence-corrected chi connectivity index (χ4v) is 3.72. The van der Waals surface area contributed by atoms with Crippen molar-refractivity contribution >= 4 is 34.2 Å². The number of benzene rings is 1. The van der Waals surface area contributed by atoms with Gasteiger partial charge < -0.3 is 4.57 Å². The van der Waals surface area contributed by atoms with Crippen LogP contribution in [0.4, 0.5) is 0 Å². The third-order valence-corrected chi connectivity index (χ3v) is 5.28. The van der Waals surface area contributed by atoms with Crippen LogP contribution in [0.2, 0.25) is 5.02 Å². The maximum Gasteiger partial charge on any atom is 0.124 e.